The van der Waals surface area contributed by atoms with Crippen LogP contribution in [0.25, 0.3) is 0 Å². The van der Waals surface area contributed by atoms with E-state index in [-0.39, 0.29) is 31.4 Å². The Bertz CT molecular complexity index is 760. The first-order valence-corrected chi connectivity index (χ1v) is 7.77. The quantitative estimate of drug-likeness (QED) is 0.457. The van der Waals surface area contributed by atoms with Gasteiger partial charge in [0, 0.05) is 24.7 Å². The van der Waals surface area contributed by atoms with Crippen molar-refractivity contribution in [2.45, 2.75) is 43.9 Å². The molecule has 0 aromatic carbocycles. The van der Waals surface area contributed by atoms with Crippen LogP contribution in [0, 0.1) is 0 Å². The SMILES string of the molecule is O=C(NCCCc1cn([C@@H]2CC(O)[C@H](CO)O2)c(=O)[nH]c1=O)C(F)(F)F. The van der Waals surface area contributed by atoms with E-state index in [0.717, 1.165) is 4.57 Å². The molecule has 12 heteroatoms. The minimum Gasteiger partial charge on any atom is -0.394 e. The maximum absolute atomic E-state index is 12.1. The molecule has 26 heavy (non-hydrogen) atoms. The van der Waals surface area contributed by atoms with Crippen LogP contribution in [0.3, 0.4) is 0 Å². The molecule has 1 saturated heterocycles. The lowest BCUT2D eigenvalue weighted by atomic mass is 10.1. The number of nitrogens with zero attached hydrogens (tertiary/aromatic N) is 1. The molecule has 1 aliphatic rings. The number of carbonyl (C=O) groups excluding carboxylic acids is 1. The highest BCUT2D eigenvalue weighted by Gasteiger charge is 2.38. The number of alkyl halides is 3. The van der Waals surface area contributed by atoms with Gasteiger partial charge in [-0.2, -0.15) is 13.2 Å². The third-order valence-electron chi connectivity index (χ3n) is 3.90. The van der Waals surface area contributed by atoms with Crippen LogP contribution in [0.5, 0.6) is 0 Å². The predicted molar refractivity (Wildman–Crippen MR) is 80.3 cm³/mol. The summed E-state index contributed by atoms with van der Waals surface area (Å²) in [6, 6.07) is 0. The maximum Gasteiger partial charge on any atom is 0.471 e. The summed E-state index contributed by atoms with van der Waals surface area (Å²) in [5.41, 5.74) is -1.37. The van der Waals surface area contributed by atoms with Crippen LogP contribution in [0.4, 0.5) is 13.2 Å². The Labute approximate surface area is 144 Å². The molecule has 1 amide bonds. The van der Waals surface area contributed by atoms with E-state index in [4.69, 9.17) is 9.84 Å². The number of amides is 1. The van der Waals surface area contributed by atoms with E-state index in [2.05, 4.69) is 4.98 Å². The van der Waals surface area contributed by atoms with Gasteiger partial charge in [-0.15, -0.1) is 0 Å². The first kappa shape index (κ1) is 20.1. The van der Waals surface area contributed by atoms with E-state index in [1.54, 1.807) is 5.32 Å². The number of aliphatic hydroxyl groups is 2. The highest BCUT2D eigenvalue weighted by Crippen LogP contribution is 2.27. The van der Waals surface area contributed by atoms with Crippen LogP contribution in [-0.2, 0) is 16.0 Å². The fraction of sp³-hybridized carbons (Fsp3) is 0.643. The summed E-state index contributed by atoms with van der Waals surface area (Å²) in [5, 5.41) is 20.5. The third-order valence-corrected chi connectivity index (χ3v) is 3.90. The smallest absolute Gasteiger partial charge is 0.394 e. The van der Waals surface area contributed by atoms with Crippen LogP contribution in [0.2, 0.25) is 0 Å². The molecular formula is C14H18F3N3O6. The summed E-state index contributed by atoms with van der Waals surface area (Å²) in [7, 11) is 0. The largest absolute Gasteiger partial charge is 0.471 e. The minimum absolute atomic E-state index is 0.00640. The zero-order valence-electron chi connectivity index (χ0n) is 13.5. The summed E-state index contributed by atoms with van der Waals surface area (Å²) in [4.78, 5) is 36.5. The molecule has 0 saturated carbocycles. The van der Waals surface area contributed by atoms with Crippen molar-refractivity contribution in [2.75, 3.05) is 13.2 Å². The molecule has 0 bridgehead atoms. The molecule has 2 heterocycles. The monoisotopic (exact) mass is 381 g/mol. The Morgan fingerprint density at radius 3 is 2.69 bits per heavy atom. The Hall–Kier alpha value is -2.18. The highest BCUT2D eigenvalue weighted by molar-refractivity contribution is 5.81. The predicted octanol–water partition coefficient (Wildman–Crippen LogP) is -1.21. The average molecular weight is 381 g/mol. The van der Waals surface area contributed by atoms with E-state index in [1.165, 1.54) is 6.20 Å². The molecule has 1 aromatic heterocycles. The maximum atomic E-state index is 12.1. The van der Waals surface area contributed by atoms with Crippen molar-refractivity contribution in [1.82, 2.24) is 14.9 Å². The van der Waals surface area contributed by atoms with Gasteiger partial charge < -0.3 is 20.3 Å². The molecule has 2 rings (SSSR count). The number of aromatic nitrogens is 2. The molecule has 3 atom stereocenters. The van der Waals surface area contributed by atoms with Gasteiger partial charge in [-0.25, -0.2) is 4.79 Å². The van der Waals surface area contributed by atoms with Crippen LogP contribution in [0.1, 0.15) is 24.6 Å². The van der Waals surface area contributed by atoms with Gasteiger partial charge in [0.2, 0.25) is 0 Å². The number of aryl methyl sites for hydroxylation is 1. The number of aliphatic hydroxyl groups excluding tert-OH is 2. The second-order valence-corrected chi connectivity index (χ2v) is 5.79. The lowest BCUT2D eigenvalue weighted by Gasteiger charge is -2.15. The average Bonchev–Trinajstić information content (AvgIpc) is 2.92. The zero-order chi connectivity index (χ0) is 19.5. The van der Waals surface area contributed by atoms with Crippen molar-refractivity contribution in [1.29, 1.82) is 0 Å². The van der Waals surface area contributed by atoms with Gasteiger partial charge in [-0.3, -0.25) is 19.1 Å². The number of nitrogens with one attached hydrogen (secondary N) is 2. The Balaban J connectivity index is 2.03. The van der Waals surface area contributed by atoms with Crippen LogP contribution < -0.4 is 16.6 Å². The second kappa shape index (κ2) is 8.01. The summed E-state index contributed by atoms with van der Waals surface area (Å²) < 4.78 is 42.6. The molecule has 0 radical (unpaired) electrons. The summed E-state index contributed by atoms with van der Waals surface area (Å²) in [6.45, 7) is -0.746. The number of hydrogen-bond acceptors (Lipinski definition) is 6. The summed E-state index contributed by atoms with van der Waals surface area (Å²) in [5.74, 6) is -2.07. The van der Waals surface area contributed by atoms with Crippen molar-refractivity contribution < 1.29 is 32.9 Å². The van der Waals surface area contributed by atoms with Crippen molar-refractivity contribution in [3.63, 3.8) is 0 Å². The molecule has 0 aliphatic carbocycles. The number of halogens is 3. The van der Waals surface area contributed by atoms with Gasteiger partial charge in [0.15, 0.2) is 0 Å². The van der Waals surface area contributed by atoms with Crippen molar-refractivity contribution in [3.8, 4) is 0 Å². The molecule has 9 nitrogen and oxygen atoms in total. The van der Waals surface area contributed by atoms with Gasteiger partial charge in [0.25, 0.3) is 5.56 Å². The van der Waals surface area contributed by atoms with E-state index in [9.17, 15) is 32.7 Å². The van der Waals surface area contributed by atoms with Gasteiger partial charge >= 0.3 is 17.8 Å². The number of carbonyl (C=O) groups is 1. The molecule has 1 aromatic rings. The van der Waals surface area contributed by atoms with Crippen molar-refractivity contribution in [3.05, 3.63) is 32.6 Å². The Morgan fingerprint density at radius 1 is 1.42 bits per heavy atom. The number of ether oxygens (including phenoxy) is 1. The molecule has 0 spiro atoms. The summed E-state index contributed by atoms with van der Waals surface area (Å²) >= 11 is 0. The van der Waals surface area contributed by atoms with Gasteiger partial charge in [0.05, 0.1) is 12.7 Å². The molecule has 4 N–H and O–H groups in total. The molecule has 1 aliphatic heterocycles. The van der Waals surface area contributed by atoms with Gasteiger partial charge in [0.1, 0.15) is 12.3 Å². The molecule has 146 valence electrons. The Kier molecular flexibility index (Phi) is 6.21. The topological polar surface area (TPSA) is 134 Å². The van der Waals surface area contributed by atoms with Crippen LogP contribution in [-0.4, -0.2) is 57.2 Å². The zero-order valence-corrected chi connectivity index (χ0v) is 13.5. The lowest BCUT2D eigenvalue weighted by Crippen LogP contribution is -2.37. The molecule has 1 unspecified atom stereocenters. The van der Waals surface area contributed by atoms with Gasteiger partial charge in [-0.05, 0) is 12.8 Å². The highest BCUT2D eigenvalue weighted by atomic mass is 19.4. The normalized spacial score (nSPS) is 23.2. The fourth-order valence-electron chi connectivity index (χ4n) is 2.55. The van der Waals surface area contributed by atoms with E-state index in [0.29, 0.717) is 0 Å². The lowest BCUT2D eigenvalue weighted by molar-refractivity contribution is -0.173. The number of rotatable bonds is 6. The summed E-state index contributed by atoms with van der Waals surface area (Å²) in [6.07, 6.45) is -6.44. The molecule has 1 fully saturated rings. The fourth-order valence-corrected chi connectivity index (χ4v) is 2.55. The van der Waals surface area contributed by atoms with E-state index in [1.807, 2.05) is 0 Å². The Morgan fingerprint density at radius 2 is 2.12 bits per heavy atom. The minimum atomic E-state index is -4.98. The number of H-pyrrole nitrogens is 1. The van der Waals surface area contributed by atoms with E-state index >= 15 is 0 Å². The van der Waals surface area contributed by atoms with Crippen molar-refractivity contribution >= 4 is 5.91 Å². The van der Waals surface area contributed by atoms with Crippen LogP contribution >= 0.6 is 0 Å². The third kappa shape index (κ3) is 4.71. The number of aromatic amines is 1. The molecular weight excluding hydrogens is 363 g/mol. The second-order valence-electron chi connectivity index (χ2n) is 5.79. The van der Waals surface area contributed by atoms with Crippen LogP contribution in [0.15, 0.2) is 15.8 Å². The van der Waals surface area contributed by atoms with Crippen molar-refractivity contribution in [2.24, 2.45) is 0 Å². The van der Waals surface area contributed by atoms with E-state index < -0.39 is 48.4 Å². The first-order valence-electron chi connectivity index (χ1n) is 7.77. The van der Waals surface area contributed by atoms with Gasteiger partial charge in [-0.1, -0.05) is 0 Å². The number of hydrogen-bond donors (Lipinski definition) is 4. The first-order chi connectivity index (χ1) is 12.1. The standard InChI is InChI=1S/C14H18F3N3O6/c15-14(16,17)12(24)18-3-1-2-7-5-20(13(25)19-11(7)23)10-4-8(22)9(6-21)26-10/h5,8-10,21-22H,1-4,6H2,(H,18,24)(H,19,23,25)/t8?,9-,10-/m0/s1.